The largest absolute Gasteiger partial charge is 0.491 e. The first-order valence-electron chi connectivity index (χ1n) is 10.6. The van der Waals surface area contributed by atoms with E-state index in [-0.39, 0.29) is 12.1 Å². The SMILES string of the molecule is CC1CCN(c2ccc(C(C)NC(=S)Nc3ccc(OC(C)C)cc3)cc2)CC1. The predicted octanol–water partition coefficient (Wildman–Crippen LogP) is 5.76. The van der Waals surface area contributed by atoms with Crippen LogP contribution in [-0.4, -0.2) is 24.3 Å². The van der Waals surface area contributed by atoms with Crippen molar-refractivity contribution in [2.75, 3.05) is 23.3 Å². The molecule has 1 aliphatic rings. The maximum absolute atomic E-state index is 5.68. The molecular formula is C24H33N3OS. The Labute approximate surface area is 180 Å². The van der Waals surface area contributed by atoms with Crippen molar-refractivity contribution >= 4 is 28.7 Å². The molecule has 4 nitrogen and oxygen atoms in total. The molecule has 0 amide bonds. The second-order valence-corrected chi connectivity index (χ2v) is 8.68. The molecule has 5 heteroatoms. The van der Waals surface area contributed by atoms with Gasteiger partial charge in [-0.1, -0.05) is 19.1 Å². The third-order valence-electron chi connectivity index (χ3n) is 5.37. The summed E-state index contributed by atoms with van der Waals surface area (Å²) in [5.74, 6) is 1.71. The van der Waals surface area contributed by atoms with Gasteiger partial charge in [-0.3, -0.25) is 0 Å². The number of piperidine rings is 1. The molecule has 0 aliphatic carbocycles. The highest BCUT2D eigenvalue weighted by Gasteiger charge is 2.16. The molecule has 1 heterocycles. The molecule has 2 aromatic carbocycles. The second kappa shape index (κ2) is 9.97. The molecule has 1 fully saturated rings. The van der Waals surface area contributed by atoms with E-state index in [1.807, 2.05) is 38.1 Å². The minimum Gasteiger partial charge on any atom is -0.491 e. The maximum Gasteiger partial charge on any atom is 0.171 e. The Morgan fingerprint density at radius 2 is 1.62 bits per heavy atom. The number of ether oxygens (including phenoxy) is 1. The number of rotatable bonds is 6. The molecule has 1 aliphatic heterocycles. The molecule has 156 valence electrons. The summed E-state index contributed by atoms with van der Waals surface area (Å²) in [6, 6.07) is 16.9. The molecule has 0 spiro atoms. The van der Waals surface area contributed by atoms with Gasteiger partial charge in [-0.15, -0.1) is 0 Å². The lowest BCUT2D eigenvalue weighted by atomic mass is 9.98. The van der Waals surface area contributed by atoms with Crippen LogP contribution in [0.5, 0.6) is 5.75 Å². The van der Waals surface area contributed by atoms with Crippen LogP contribution in [0, 0.1) is 5.92 Å². The molecule has 0 saturated carbocycles. The van der Waals surface area contributed by atoms with Gasteiger partial charge < -0.3 is 20.3 Å². The second-order valence-electron chi connectivity index (χ2n) is 8.27. The molecular weight excluding hydrogens is 378 g/mol. The summed E-state index contributed by atoms with van der Waals surface area (Å²) >= 11 is 5.49. The highest BCUT2D eigenvalue weighted by Crippen LogP contribution is 2.25. The van der Waals surface area contributed by atoms with Crippen molar-refractivity contribution in [1.82, 2.24) is 5.32 Å². The lowest BCUT2D eigenvalue weighted by Gasteiger charge is -2.32. The number of thiocarbonyl (C=S) groups is 1. The fourth-order valence-corrected chi connectivity index (χ4v) is 3.87. The molecule has 3 rings (SSSR count). The Kier molecular flexibility index (Phi) is 7.37. The number of hydrogen-bond donors (Lipinski definition) is 2. The number of benzene rings is 2. The van der Waals surface area contributed by atoms with E-state index in [2.05, 4.69) is 53.6 Å². The minimum absolute atomic E-state index is 0.133. The van der Waals surface area contributed by atoms with Crippen LogP contribution in [0.3, 0.4) is 0 Å². The summed E-state index contributed by atoms with van der Waals surface area (Å²) in [4.78, 5) is 2.49. The number of anilines is 2. The van der Waals surface area contributed by atoms with Crippen LogP contribution in [0.1, 0.15) is 52.1 Å². The zero-order chi connectivity index (χ0) is 20.8. The van der Waals surface area contributed by atoms with Gasteiger partial charge in [0.2, 0.25) is 0 Å². The summed E-state index contributed by atoms with van der Waals surface area (Å²) in [6.45, 7) is 10.8. The minimum atomic E-state index is 0.133. The fraction of sp³-hybridized carbons (Fsp3) is 0.458. The normalized spacial score (nSPS) is 15.8. The molecule has 1 atom stereocenters. The molecule has 1 saturated heterocycles. The van der Waals surface area contributed by atoms with Crippen LogP contribution in [0.4, 0.5) is 11.4 Å². The van der Waals surface area contributed by atoms with Crippen molar-refractivity contribution in [3.05, 3.63) is 54.1 Å². The Morgan fingerprint density at radius 3 is 2.21 bits per heavy atom. The summed E-state index contributed by atoms with van der Waals surface area (Å²) < 4.78 is 5.68. The lowest BCUT2D eigenvalue weighted by Crippen LogP contribution is -2.33. The zero-order valence-corrected chi connectivity index (χ0v) is 18.8. The first-order valence-corrected chi connectivity index (χ1v) is 11.0. The monoisotopic (exact) mass is 411 g/mol. The first kappa shape index (κ1) is 21.4. The Bertz CT molecular complexity index is 781. The maximum atomic E-state index is 5.68. The van der Waals surface area contributed by atoms with E-state index in [1.54, 1.807) is 0 Å². The van der Waals surface area contributed by atoms with Gasteiger partial charge in [0.15, 0.2) is 5.11 Å². The molecule has 0 radical (unpaired) electrons. The number of nitrogens with one attached hydrogen (secondary N) is 2. The van der Waals surface area contributed by atoms with Gasteiger partial charge in [-0.05, 0) is 93.7 Å². The van der Waals surface area contributed by atoms with Crippen LogP contribution in [0.25, 0.3) is 0 Å². The van der Waals surface area contributed by atoms with Crippen molar-refractivity contribution in [1.29, 1.82) is 0 Å². The predicted molar refractivity (Wildman–Crippen MR) is 127 cm³/mol. The van der Waals surface area contributed by atoms with Gasteiger partial charge in [-0.25, -0.2) is 0 Å². The lowest BCUT2D eigenvalue weighted by molar-refractivity contribution is 0.242. The quantitative estimate of drug-likeness (QED) is 0.591. The van der Waals surface area contributed by atoms with E-state index in [0.29, 0.717) is 5.11 Å². The van der Waals surface area contributed by atoms with Crippen molar-refractivity contribution < 1.29 is 4.74 Å². The van der Waals surface area contributed by atoms with Crippen molar-refractivity contribution in [2.45, 2.75) is 52.7 Å². The summed E-state index contributed by atoms with van der Waals surface area (Å²) in [5.41, 5.74) is 3.49. The first-order chi connectivity index (χ1) is 13.9. The average Bonchev–Trinajstić information content (AvgIpc) is 2.70. The smallest absolute Gasteiger partial charge is 0.171 e. The Balaban J connectivity index is 1.51. The highest BCUT2D eigenvalue weighted by atomic mass is 32.1. The molecule has 29 heavy (non-hydrogen) atoms. The molecule has 0 aromatic heterocycles. The van der Waals surface area contributed by atoms with Crippen molar-refractivity contribution in [2.24, 2.45) is 5.92 Å². The van der Waals surface area contributed by atoms with Crippen molar-refractivity contribution in [3.63, 3.8) is 0 Å². The van der Waals surface area contributed by atoms with Crippen LogP contribution >= 0.6 is 12.2 Å². The van der Waals surface area contributed by atoms with Gasteiger partial charge in [-0.2, -0.15) is 0 Å². The summed E-state index contributed by atoms with van der Waals surface area (Å²) in [5, 5.41) is 7.23. The third-order valence-corrected chi connectivity index (χ3v) is 5.59. The fourth-order valence-electron chi connectivity index (χ4n) is 3.58. The molecule has 2 N–H and O–H groups in total. The van der Waals surface area contributed by atoms with E-state index in [9.17, 15) is 0 Å². The number of hydrogen-bond acceptors (Lipinski definition) is 3. The van der Waals surface area contributed by atoms with Gasteiger partial charge in [0.05, 0.1) is 12.1 Å². The van der Waals surface area contributed by atoms with Crippen LogP contribution in [-0.2, 0) is 0 Å². The molecule has 2 aromatic rings. The molecule has 0 bridgehead atoms. The highest BCUT2D eigenvalue weighted by molar-refractivity contribution is 7.80. The van der Waals surface area contributed by atoms with Gasteiger partial charge >= 0.3 is 0 Å². The molecule has 1 unspecified atom stereocenters. The topological polar surface area (TPSA) is 36.5 Å². The Morgan fingerprint density at radius 1 is 1.00 bits per heavy atom. The zero-order valence-electron chi connectivity index (χ0n) is 17.9. The van der Waals surface area contributed by atoms with Gasteiger partial charge in [0.1, 0.15) is 5.75 Å². The van der Waals surface area contributed by atoms with E-state index in [1.165, 1.54) is 24.1 Å². The standard InChI is InChI=1S/C24H33N3OS/c1-17(2)28-23-11-7-21(8-12-23)26-24(29)25-19(4)20-5-9-22(10-6-20)27-15-13-18(3)14-16-27/h5-12,17-19H,13-16H2,1-4H3,(H2,25,26,29). The van der Waals surface area contributed by atoms with E-state index < -0.39 is 0 Å². The van der Waals surface area contributed by atoms with E-state index >= 15 is 0 Å². The van der Waals surface area contributed by atoms with Crippen LogP contribution < -0.4 is 20.3 Å². The summed E-state index contributed by atoms with van der Waals surface area (Å²) in [7, 11) is 0. The van der Waals surface area contributed by atoms with E-state index in [0.717, 1.165) is 30.4 Å². The van der Waals surface area contributed by atoms with Gasteiger partial charge in [0.25, 0.3) is 0 Å². The number of nitrogens with zero attached hydrogens (tertiary/aromatic N) is 1. The van der Waals surface area contributed by atoms with Gasteiger partial charge in [0, 0.05) is 24.5 Å². The average molecular weight is 412 g/mol. The Hall–Kier alpha value is -2.27. The third kappa shape index (κ3) is 6.36. The van der Waals surface area contributed by atoms with Crippen LogP contribution in [0.15, 0.2) is 48.5 Å². The van der Waals surface area contributed by atoms with Crippen LogP contribution in [0.2, 0.25) is 0 Å². The van der Waals surface area contributed by atoms with Crippen molar-refractivity contribution in [3.8, 4) is 5.75 Å². The van der Waals surface area contributed by atoms with E-state index in [4.69, 9.17) is 17.0 Å². The summed E-state index contributed by atoms with van der Waals surface area (Å²) in [6.07, 6.45) is 2.73.